The van der Waals surface area contributed by atoms with E-state index in [1.807, 2.05) is 4.90 Å². The number of benzene rings is 1. The summed E-state index contributed by atoms with van der Waals surface area (Å²) in [4.78, 5) is 23.1. The minimum absolute atomic E-state index is 0.0648. The number of carbonyl (C=O) groups is 1. The Bertz CT molecular complexity index is 781. The molecular formula is C19H24N4O4. The zero-order valence-electron chi connectivity index (χ0n) is 15.8. The zero-order valence-corrected chi connectivity index (χ0v) is 15.8. The first-order chi connectivity index (χ1) is 13.2. The Morgan fingerprint density at radius 2 is 1.70 bits per heavy atom. The Morgan fingerprint density at radius 1 is 1.04 bits per heavy atom. The molecule has 1 aliphatic heterocycles. The monoisotopic (exact) mass is 372 g/mol. The molecule has 1 amide bonds. The molecule has 0 atom stereocenters. The van der Waals surface area contributed by atoms with Crippen molar-refractivity contribution in [1.29, 1.82) is 0 Å². The molecule has 0 aliphatic carbocycles. The maximum atomic E-state index is 12.6. The highest BCUT2D eigenvalue weighted by atomic mass is 16.5. The quantitative estimate of drug-likeness (QED) is 0.834. The number of methoxy groups -OCH3 is 3. The molecule has 0 bridgehead atoms. The van der Waals surface area contributed by atoms with Crippen LogP contribution in [-0.4, -0.2) is 55.2 Å². The van der Waals surface area contributed by atoms with E-state index in [9.17, 15) is 4.79 Å². The fourth-order valence-electron chi connectivity index (χ4n) is 3.08. The summed E-state index contributed by atoms with van der Waals surface area (Å²) < 4.78 is 16.0. The summed E-state index contributed by atoms with van der Waals surface area (Å²) in [6.07, 6.45) is 4.81. The molecule has 2 aromatic rings. The molecule has 8 heteroatoms. The minimum Gasteiger partial charge on any atom is -0.493 e. The zero-order chi connectivity index (χ0) is 19.2. The lowest BCUT2D eigenvalue weighted by atomic mass is 10.1. The van der Waals surface area contributed by atoms with E-state index in [-0.39, 0.29) is 5.91 Å². The van der Waals surface area contributed by atoms with Crippen LogP contribution in [-0.2, 0) is 0 Å². The van der Waals surface area contributed by atoms with Gasteiger partial charge < -0.3 is 24.4 Å². The lowest BCUT2D eigenvalue weighted by Crippen LogP contribution is -2.36. The molecule has 8 nitrogen and oxygen atoms in total. The van der Waals surface area contributed by atoms with Crippen LogP contribution in [0.25, 0.3) is 0 Å². The van der Waals surface area contributed by atoms with Crippen molar-refractivity contribution in [3.63, 3.8) is 0 Å². The summed E-state index contributed by atoms with van der Waals surface area (Å²) in [5.74, 6) is 1.79. The van der Waals surface area contributed by atoms with Crippen LogP contribution in [0, 0.1) is 0 Å². The molecule has 0 radical (unpaired) electrons. The van der Waals surface area contributed by atoms with Crippen LogP contribution in [0.5, 0.6) is 17.2 Å². The smallest absolute Gasteiger partial charge is 0.272 e. The van der Waals surface area contributed by atoms with Gasteiger partial charge in [-0.1, -0.05) is 0 Å². The summed E-state index contributed by atoms with van der Waals surface area (Å²) >= 11 is 0. The molecule has 2 heterocycles. The van der Waals surface area contributed by atoms with Gasteiger partial charge in [0.1, 0.15) is 5.69 Å². The van der Waals surface area contributed by atoms with Crippen molar-refractivity contribution in [3.8, 4) is 17.2 Å². The number of rotatable bonds is 6. The van der Waals surface area contributed by atoms with Crippen molar-refractivity contribution < 1.29 is 19.0 Å². The third-order valence-corrected chi connectivity index (χ3v) is 4.44. The number of aromatic nitrogens is 2. The summed E-state index contributed by atoms with van der Waals surface area (Å²) in [5, 5.41) is 3.09. The minimum atomic E-state index is -0.0648. The fourth-order valence-corrected chi connectivity index (χ4v) is 3.08. The van der Waals surface area contributed by atoms with E-state index in [1.165, 1.54) is 6.42 Å². The highest BCUT2D eigenvalue weighted by molar-refractivity contribution is 5.92. The van der Waals surface area contributed by atoms with E-state index < -0.39 is 0 Å². The Hall–Kier alpha value is -3.03. The molecule has 1 aromatic carbocycles. The Morgan fingerprint density at radius 3 is 2.30 bits per heavy atom. The predicted molar refractivity (Wildman–Crippen MR) is 101 cm³/mol. The second kappa shape index (κ2) is 8.57. The summed E-state index contributed by atoms with van der Waals surface area (Å²) in [6.45, 7) is 1.55. The fraction of sp³-hybridized carbons (Fsp3) is 0.421. The molecule has 144 valence electrons. The van der Waals surface area contributed by atoms with E-state index in [2.05, 4.69) is 15.3 Å². The molecule has 1 fully saturated rings. The average molecular weight is 372 g/mol. The average Bonchev–Trinajstić information content (AvgIpc) is 2.73. The molecule has 27 heavy (non-hydrogen) atoms. The Labute approximate surface area is 158 Å². The van der Waals surface area contributed by atoms with Gasteiger partial charge >= 0.3 is 0 Å². The van der Waals surface area contributed by atoms with Crippen LogP contribution in [0.1, 0.15) is 29.8 Å². The highest BCUT2D eigenvalue weighted by Gasteiger charge is 2.20. The van der Waals surface area contributed by atoms with Crippen molar-refractivity contribution in [3.05, 3.63) is 30.1 Å². The van der Waals surface area contributed by atoms with Gasteiger partial charge in [0.25, 0.3) is 5.91 Å². The van der Waals surface area contributed by atoms with E-state index >= 15 is 0 Å². The molecule has 0 saturated carbocycles. The number of likely N-dealkylation sites (tertiary alicyclic amines) is 1. The number of hydrogen-bond donors (Lipinski definition) is 1. The van der Waals surface area contributed by atoms with Crippen molar-refractivity contribution in [1.82, 2.24) is 14.9 Å². The molecule has 1 N–H and O–H groups in total. The molecule has 1 aromatic heterocycles. The summed E-state index contributed by atoms with van der Waals surface area (Å²) in [5.41, 5.74) is 1.04. The van der Waals surface area contributed by atoms with Crippen molar-refractivity contribution in [2.24, 2.45) is 0 Å². The van der Waals surface area contributed by atoms with Crippen LogP contribution in [0.4, 0.5) is 11.6 Å². The van der Waals surface area contributed by atoms with Crippen LogP contribution < -0.4 is 19.5 Å². The van der Waals surface area contributed by atoms with E-state index in [1.54, 1.807) is 45.7 Å². The third kappa shape index (κ3) is 4.21. The highest BCUT2D eigenvalue weighted by Crippen LogP contribution is 2.40. The van der Waals surface area contributed by atoms with Gasteiger partial charge in [0, 0.05) is 37.1 Å². The summed E-state index contributed by atoms with van der Waals surface area (Å²) in [6, 6.07) is 5.14. The van der Waals surface area contributed by atoms with E-state index in [0.717, 1.165) is 25.9 Å². The first kappa shape index (κ1) is 18.8. The largest absolute Gasteiger partial charge is 0.493 e. The topological polar surface area (TPSA) is 85.8 Å². The first-order valence-electron chi connectivity index (χ1n) is 8.85. The number of piperidine rings is 1. The Kier molecular flexibility index (Phi) is 5.95. The lowest BCUT2D eigenvalue weighted by molar-refractivity contribution is 0.0718. The van der Waals surface area contributed by atoms with Gasteiger partial charge in [-0.15, -0.1) is 0 Å². The molecule has 1 aliphatic rings. The second-order valence-corrected chi connectivity index (χ2v) is 6.16. The number of anilines is 2. The van der Waals surface area contributed by atoms with E-state index in [4.69, 9.17) is 14.2 Å². The second-order valence-electron chi connectivity index (χ2n) is 6.16. The molecule has 0 spiro atoms. The number of amides is 1. The van der Waals surface area contributed by atoms with Crippen LogP contribution in [0.3, 0.4) is 0 Å². The molecule has 3 rings (SSSR count). The normalized spacial score (nSPS) is 13.8. The first-order valence-corrected chi connectivity index (χ1v) is 8.85. The van der Waals surface area contributed by atoms with E-state index in [0.29, 0.717) is 34.6 Å². The van der Waals surface area contributed by atoms with Crippen molar-refractivity contribution >= 4 is 17.5 Å². The summed E-state index contributed by atoms with van der Waals surface area (Å²) in [7, 11) is 4.65. The SMILES string of the molecule is COc1cc(Nc2nccc(C(=O)N3CCCCC3)n2)cc(OC)c1OC. The number of nitrogens with one attached hydrogen (secondary N) is 1. The third-order valence-electron chi connectivity index (χ3n) is 4.44. The van der Waals surface area contributed by atoms with Gasteiger partial charge in [-0.3, -0.25) is 4.79 Å². The molecule has 0 unspecified atom stereocenters. The number of hydrogen-bond acceptors (Lipinski definition) is 7. The van der Waals surface area contributed by atoms with Gasteiger partial charge in [0.2, 0.25) is 11.7 Å². The maximum absolute atomic E-state index is 12.6. The Balaban J connectivity index is 1.83. The van der Waals surface area contributed by atoms with Crippen molar-refractivity contribution in [2.75, 3.05) is 39.7 Å². The molecular weight excluding hydrogens is 348 g/mol. The molecule has 1 saturated heterocycles. The standard InChI is InChI=1S/C19H24N4O4/c1-25-15-11-13(12-16(26-2)17(15)27-3)21-19-20-8-7-14(22-19)18(24)23-9-5-4-6-10-23/h7-8,11-12H,4-6,9-10H2,1-3H3,(H,20,21,22). The van der Waals surface area contributed by atoms with Gasteiger partial charge in [-0.2, -0.15) is 0 Å². The van der Waals surface area contributed by atoms with Gasteiger partial charge in [-0.05, 0) is 25.3 Å². The maximum Gasteiger partial charge on any atom is 0.272 e. The van der Waals surface area contributed by atoms with Crippen LogP contribution in [0.2, 0.25) is 0 Å². The lowest BCUT2D eigenvalue weighted by Gasteiger charge is -2.26. The number of ether oxygens (including phenoxy) is 3. The van der Waals surface area contributed by atoms with Crippen molar-refractivity contribution in [2.45, 2.75) is 19.3 Å². The van der Waals surface area contributed by atoms with Gasteiger partial charge in [-0.25, -0.2) is 9.97 Å². The number of carbonyl (C=O) groups excluding carboxylic acids is 1. The van der Waals surface area contributed by atoms with Crippen LogP contribution >= 0.6 is 0 Å². The van der Waals surface area contributed by atoms with Crippen LogP contribution in [0.15, 0.2) is 24.4 Å². The van der Waals surface area contributed by atoms with Gasteiger partial charge in [0.15, 0.2) is 11.5 Å². The predicted octanol–water partition coefficient (Wildman–Crippen LogP) is 2.87. The number of nitrogens with zero attached hydrogens (tertiary/aromatic N) is 3. The van der Waals surface area contributed by atoms with Gasteiger partial charge in [0.05, 0.1) is 21.3 Å².